The van der Waals surface area contributed by atoms with Gasteiger partial charge in [-0.25, -0.2) is 8.78 Å². The van der Waals surface area contributed by atoms with E-state index in [-0.39, 0.29) is 36.2 Å². The van der Waals surface area contributed by atoms with Crippen LogP contribution in [0.5, 0.6) is 0 Å². The van der Waals surface area contributed by atoms with Gasteiger partial charge in [0, 0.05) is 45.0 Å². The fourth-order valence-corrected chi connectivity index (χ4v) is 7.30. The van der Waals surface area contributed by atoms with Crippen LogP contribution in [-0.4, -0.2) is 31.3 Å². The number of aliphatic carboxylic acids is 2. The number of benzene rings is 4. The molecule has 284 valence electrons. The molecule has 0 fully saturated rings. The number of fused-ring (bicyclic) bond motifs is 2. The Bertz CT molecular complexity index is 2160. The highest BCUT2D eigenvalue weighted by Crippen LogP contribution is 2.39. The Hall–Kier alpha value is -5.45. The maximum atomic E-state index is 13.9. The normalized spacial score (nSPS) is 13.1. The minimum Gasteiger partial charge on any atom is -0.480 e. The molecule has 2 unspecified atom stereocenters. The minimum atomic E-state index is -4.42. The Morgan fingerprint density at radius 1 is 0.611 bits per heavy atom. The van der Waals surface area contributed by atoms with Crippen molar-refractivity contribution in [1.29, 1.82) is 0 Å². The van der Waals surface area contributed by atoms with Gasteiger partial charge in [0.1, 0.15) is 24.7 Å². The summed E-state index contributed by atoms with van der Waals surface area (Å²) in [5.41, 5.74) is 6.88. The summed E-state index contributed by atoms with van der Waals surface area (Å²) in [7, 11) is 0. The van der Waals surface area contributed by atoms with Gasteiger partial charge in [-0.2, -0.15) is 13.2 Å². The molecule has 2 aromatic heterocycles. The molecule has 6 aromatic rings. The van der Waals surface area contributed by atoms with Crippen molar-refractivity contribution in [2.45, 2.75) is 85.0 Å². The molecule has 0 aliphatic heterocycles. The number of aromatic nitrogens is 2. The maximum absolute atomic E-state index is 13.9. The molecule has 0 aliphatic carbocycles. The number of rotatable bonds is 8. The lowest BCUT2D eigenvalue weighted by Gasteiger charge is -2.20. The van der Waals surface area contributed by atoms with Crippen molar-refractivity contribution in [1.82, 2.24) is 9.13 Å². The Morgan fingerprint density at radius 2 is 0.963 bits per heavy atom. The summed E-state index contributed by atoms with van der Waals surface area (Å²) in [4.78, 5) is 22.5. The molecule has 6 nitrogen and oxygen atoms in total. The van der Waals surface area contributed by atoms with Gasteiger partial charge >= 0.3 is 18.1 Å². The number of nitrogens with zero attached hydrogens (tertiary/aromatic N) is 2. The fraction of sp³-hybridized carbons (Fsp3) is 0.302. The van der Waals surface area contributed by atoms with E-state index in [2.05, 4.69) is 52.0 Å². The molecular weight excluding hydrogens is 703 g/mol. The number of hydrogen-bond donors (Lipinski definition) is 2. The Balaban J connectivity index is 0.000000208. The molecule has 0 spiro atoms. The van der Waals surface area contributed by atoms with Crippen LogP contribution in [0.15, 0.2) is 84.9 Å². The first kappa shape index (κ1) is 39.8. The molecule has 11 heteroatoms. The summed E-state index contributed by atoms with van der Waals surface area (Å²) in [6, 6.07) is 22.0. The van der Waals surface area contributed by atoms with E-state index in [9.17, 15) is 41.8 Å². The summed E-state index contributed by atoms with van der Waals surface area (Å²) in [6.07, 6.45) is -4.42. The van der Waals surface area contributed by atoms with E-state index in [1.807, 2.05) is 6.92 Å². The quantitative estimate of drug-likeness (QED) is 0.152. The maximum Gasteiger partial charge on any atom is 0.416 e. The zero-order chi connectivity index (χ0) is 39.9. The third kappa shape index (κ3) is 8.20. The molecule has 0 saturated heterocycles. The monoisotopic (exact) mass is 746 g/mol. The van der Waals surface area contributed by atoms with Gasteiger partial charge in [0.2, 0.25) is 0 Å². The minimum absolute atomic E-state index is 0.0263. The molecule has 54 heavy (non-hydrogen) atoms. The summed E-state index contributed by atoms with van der Waals surface area (Å²) >= 11 is 0. The van der Waals surface area contributed by atoms with E-state index < -0.39 is 29.5 Å². The summed E-state index contributed by atoms with van der Waals surface area (Å²) in [6.45, 7) is 13.7. The third-order valence-corrected chi connectivity index (χ3v) is 10.1. The van der Waals surface area contributed by atoms with Crippen molar-refractivity contribution >= 4 is 33.7 Å². The van der Waals surface area contributed by atoms with Crippen molar-refractivity contribution in [3.05, 3.63) is 141 Å². The van der Waals surface area contributed by atoms with Crippen LogP contribution in [0.25, 0.3) is 21.8 Å². The average Bonchev–Trinajstić information content (AvgIpc) is 3.51. The molecular formula is C43H43F5N2O4. The van der Waals surface area contributed by atoms with Gasteiger partial charge in [0.05, 0.1) is 5.56 Å². The first-order chi connectivity index (χ1) is 25.2. The standard InChI is InChI=1S/C23H26FNO2.C20H17F4NO2/c1-14(16-6-8-17(9-7-16)23(3,4)5)22-15(2)25(13-21(26)27)20-11-10-18(24)12-19(20)22;1-11(13-3-5-14(6-4-13)20(22,23)24)19-12(2)25(10-18(26)27)17-8-7-15(21)9-16(17)19/h6-12,14H,13H2,1-5H3,(H,26,27);3-9,11H,10H2,1-2H3,(H,26,27). The van der Waals surface area contributed by atoms with Crippen molar-refractivity contribution in [2.24, 2.45) is 0 Å². The lowest BCUT2D eigenvalue weighted by atomic mass is 9.84. The molecule has 2 atom stereocenters. The van der Waals surface area contributed by atoms with Crippen LogP contribution in [0.1, 0.15) is 91.2 Å². The molecule has 0 aliphatic rings. The van der Waals surface area contributed by atoms with E-state index in [1.165, 1.54) is 48.0 Å². The number of alkyl halides is 3. The van der Waals surface area contributed by atoms with Gasteiger partial charge in [-0.3, -0.25) is 9.59 Å². The molecule has 6 rings (SSSR count). The number of halogens is 5. The van der Waals surface area contributed by atoms with Crippen LogP contribution in [0.3, 0.4) is 0 Å². The van der Waals surface area contributed by atoms with Crippen LogP contribution < -0.4 is 0 Å². The van der Waals surface area contributed by atoms with Crippen LogP contribution in [0.2, 0.25) is 0 Å². The van der Waals surface area contributed by atoms with Gasteiger partial charge in [0.25, 0.3) is 0 Å². The predicted octanol–water partition coefficient (Wildman–Crippen LogP) is 11.0. The second-order valence-corrected chi connectivity index (χ2v) is 14.7. The zero-order valence-corrected chi connectivity index (χ0v) is 31.1. The Morgan fingerprint density at radius 3 is 1.28 bits per heavy atom. The second-order valence-electron chi connectivity index (χ2n) is 14.7. The van der Waals surface area contributed by atoms with Crippen LogP contribution in [-0.2, 0) is 34.3 Å². The number of carboxylic acids is 2. The van der Waals surface area contributed by atoms with Crippen LogP contribution in [0, 0.1) is 25.5 Å². The highest BCUT2D eigenvalue weighted by molar-refractivity contribution is 5.89. The molecule has 0 radical (unpaired) electrons. The molecule has 2 heterocycles. The molecule has 0 amide bonds. The molecule has 0 saturated carbocycles. The van der Waals surface area contributed by atoms with Crippen LogP contribution in [0.4, 0.5) is 22.0 Å². The van der Waals surface area contributed by atoms with Crippen molar-refractivity contribution in [3.63, 3.8) is 0 Å². The Kier molecular flexibility index (Phi) is 11.1. The number of carbonyl (C=O) groups is 2. The Labute approximate surface area is 310 Å². The van der Waals surface area contributed by atoms with Crippen molar-refractivity contribution in [3.8, 4) is 0 Å². The first-order valence-electron chi connectivity index (χ1n) is 17.5. The average molecular weight is 747 g/mol. The second kappa shape index (κ2) is 15.1. The van der Waals surface area contributed by atoms with E-state index in [0.717, 1.165) is 39.9 Å². The van der Waals surface area contributed by atoms with E-state index in [1.54, 1.807) is 29.0 Å². The topological polar surface area (TPSA) is 84.5 Å². The SMILES string of the molecule is Cc1c(C(C)c2ccc(C(C)(C)C)cc2)c2cc(F)ccc2n1CC(=O)O.Cc1c(C(C)c2ccc(C(F)(F)F)cc2)c2cc(F)ccc2n1CC(=O)O. The highest BCUT2D eigenvalue weighted by Gasteiger charge is 2.31. The fourth-order valence-electron chi connectivity index (χ4n) is 7.30. The molecule has 2 N–H and O–H groups in total. The smallest absolute Gasteiger partial charge is 0.416 e. The van der Waals surface area contributed by atoms with Crippen molar-refractivity contribution in [2.75, 3.05) is 0 Å². The summed E-state index contributed by atoms with van der Waals surface area (Å²) < 4.78 is 69.5. The highest BCUT2D eigenvalue weighted by atomic mass is 19.4. The lowest BCUT2D eigenvalue weighted by Crippen LogP contribution is -2.11. The summed E-state index contributed by atoms with van der Waals surface area (Å²) in [5.74, 6) is -3.03. The van der Waals surface area contributed by atoms with E-state index >= 15 is 0 Å². The molecule has 0 bridgehead atoms. The van der Waals surface area contributed by atoms with Gasteiger partial charge in [0.15, 0.2) is 0 Å². The van der Waals surface area contributed by atoms with Crippen molar-refractivity contribution < 1.29 is 41.8 Å². The third-order valence-electron chi connectivity index (χ3n) is 10.1. The number of carboxylic acid groups (broad SMARTS) is 2. The predicted molar refractivity (Wildman–Crippen MR) is 200 cm³/mol. The molecule has 4 aromatic carbocycles. The van der Waals surface area contributed by atoms with Gasteiger partial charge in [-0.15, -0.1) is 0 Å². The van der Waals surface area contributed by atoms with Gasteiger partial charge < -0.3 is 19.3 Å². The van der Waals surface area contributed by atoms with E-state index in [4.69, 9.17) is 0 Å². The van der Waals surface area contributed by atoms with E-state index in [0.29, 0.717) is 27.7 Å². The summed E-state index contributed by atoms with van der Waals surface area (Å²) in [5, 5.41) is 19.8. The van der Waals surface area contributed by atoms with Gasteiger partial charge in [-0.05, 0) is 95.6 Å². The largest absolute Gasteiger partial charge is 0.480 e. The first-order valence-corrected chi connectivity index (χ1v) is 17.5. The zero-order valence-electron chi connectivity index (χ0n) is 31.1. The van der Waals surface area contributed by atoms with Gasteiger partial charge in [-0.1, -0.05) is 71.0 Å². The van der Waals surface area contributed by atoms with Crippen LogP contribution >= 0.6 is 0 Å². The lowest BCUT2D eigenvalue weighted by molar-refractivity contribution is -0.138. The number of hydrogen-bond acceptors (Lipinski definition) is 2.